The van der Waals surface area contributed by atoms with E-state index in [2.05, 4.69) is 4.72 Å². The fourth-order valence-corrected chi connectivity index (χ4v) is 2.63. The van der Waals surface area contributed by atoms with Gasteiger partial charge in [-0.15, -0.1) is 0 Å². The lowest BCUT2D eigenvalue weighted by atomic mass is 10.0. The molecular formula is C7H15N3O3S. The number of nitrogens with zero attached hydrogens (tertiary/aromatic N) is 1. The number of rotatable bonds is 4. The van der Waals surface area contributed by atoms with Crippen molar-refractivity contribution in [1.82, 2.24) is 9.03 Å². The van der Waals surface area contributed by atoms with Gasteiger partial charge in [0.15, 0.2) is 0 Å². The van der Waals surface area contributed by atoms with Gasteiger partial charge in [0, 0.05) is 18.6 Å². The van der Waals surface area contributed by atoms with Crippen LogP contribution in [0.15, 0.2) is 0 Å². The molecule has 1 saturated heterocycles. The average Bonchev–Trinajstić information content (AvgIpc) is 2.43. The molecule has 0 saturated carbocycles. The number of nitrogens with one attached hydrogen (secondary N) is 1. The Morgan fingerprint density at radius 2 is 2.29 bits per heavy atom. The first-order valence-electron chi connectivity index (χ1n) is 4.35. The fourth-order valence-electron chi connectivity index (χ4n) is 1.38. The monoisotopic (exact) mass is 221 g/mol. The summed E-state index contributed by atoms with van der Waals surface area (Å²) in [4.78, 5) is 10.0. The van der Waals surface area contributed by atoms with E-state index in [1.165, 1.54) is 4.31 Å². The van der Waals surface area contributed by atoms with E-state index in [0.29, 0.717) is 25.8 Å². The summed E-state index contributed by atoms with van der Waals surface area (Å²) in [7, 11) is -3.52. The van der Waals surface area contributed by atoms with Gasteiger partial charge in [-0.1, -0.05) is 0 Å². The van der Waals surface area contributed by atoms with Crippen LogP contribution in [0.3, 0.4) is 0 Å². The number of carbonyl (C=O) groups is 1. The summed E-state index contributed by atoms with van der Waals surface area (Å²) in [5, 5.41) is 0. The van der Waals surface area contributed by atoms with Gasteiger partial charge in [0.2, 0.25) is 0 Å². The molecule has 6 nitrogen and oxygen atoms in total. The zero-order chi connectivity index (χ0) is 10.8. The predicted octanol–water partition coefficient (Wildman–Crippen LogP) is -1.56. The summed E-state index contributed by atoms with van der Waals surface area (Å²) in [6.07, 6.45) is 1.14. The van der Waals surface area contributed by atoms with Crippen LogP contribution in [0, 0.1) is 0 Å². The van der Waals surface area contributed by atoms with Crippen molar-refractivity contribution in [3.63, 3.8) is 0 Å². The Bertz CT molecular complexity index is 312. The summed E-state index contributed by atoms with van der Waals surface area (Å²) in [6.45, 7) is 2.31. The van der Waals surface area contributed by atoms with Crippen LogP contribution >= 0.6 is 0 Å². The van der Waals surface area contributed by atoms with E-state index >= 15 is 0 Å². The number of nitrogens with two attached hydrogens (primary N) is 1. The second-order valence-corrected chi connectivity index (χ2v) is 5.51. The van der Waals surface area contributed by atoms with Crippen LogP contribution in [-0.4, -0.2) is 44.2 Å². The molecule has 14 heavy (non-hydrogen) atoms. The van der Waals surface area contributed by atoms with E-state index in [1.54, 1.807) is 0 Å². The molecule has 3 N–H and O–H groups in total. The molecule has 82 valence electrons. The van der Waals surface area contributed by atoms with Gasteiger partial charge in [0.25, 0.3) is 10.2 Å². The third-order valence-electron chi connectivity index (χ3n) is 2.16. The zero-order valence-electron chi connectivity index (χ0n) is 8.06. The van der Waals surface area contributed by atoms with Gasteiger partial charge in [-0.3, -0.25) is 0 Å². The van der Waals surface area contributed by atoms with Crippen molar-refractivity contribution in [3.05, 3.63) is 0 Å². The molecule has 0 aromatic rings. The lowest BCUT2D eigenvalue weighted by Gasteiger charge is -2.19. The lowest BCUT2D eigenvalue weighted by Crippen LogP contribution is -2.44. The number of hydrogen-bond donors (Lipinski definition) is 2. The molecule has 1 aliphatic heterocycles. The first-order valence-corrected chi connectivity index (χ1v) is 5.79. The smallest absolute Gasteiger partial charge is 0.279 e. The summed E-state index contributed by atoms with van der Waals surface area (Å²) in [5.41, 5.74) is 5.33. The van der Waals surface area contributed by atoms with Gasteiger partial charge in [-0.2, -0.15) is 17.4 Å². The van der Waals surface area contributed by atoms with Gasteiger partial charge < -0.3 is 10.5 Å². The molecule has 0 aromatic carbocycles. The molecule has 0 aliphatic carbocycles. The maximum Gasteiger partial charge on any atom is 0.279 e. The molecule has 0 unspecified atom stereocenters. The predicted molar refractivity (Wildman–Crippen MR) is 51.8 cm³/mol. The Morgan fingerprint density at radius 3 is 2.71 bits per heavy atom. The van der Waals surface area contributed by atoms with Crippen molar-refractivity contribution in [2.45, 2.75) is 18.9 Å². The van der Waals surface area contributed by atoms with Crippen molar-refractivity contribution < 1.29 is 13.2 Å². The number of hydrogen-bond acceptors (Lipinski definition) is 4. The van der Waals surface area contributed by atoms with Gasteiger partial charge in [0.1, 0.15) is 6.29 Å². The van der Waals surface area contributed by atoms with E-state index in [0.717, 1.165) is 0 Å². The minimum Gasteiger partial charge on any atom is -0.324 e. The minimum absolute atomic E-state index is 0.194. The first kappa shape index (κ1) is 11.6. The molecule has 7 heteroatoms. The number of carbonyl (C=O) groups excluding carboxylic acids is 1. The molecule has 1 fully saturated rings. The van der Waals surface area contributed by atoms with Crippen molar-refractivity contribution >= 4 is 16.5 Å². The summed E-state index contributed by atoms with van der Waals surface area (Å²) in [6, 6.07) is 0. The average molecular weight is 221 g/mol. The maximum absolute atomic E-state index is 11.5. The highest BCUT2D eigenvalue weighted by molar-refractivity contribution is 7.87. The van der Waals surface area contributed by atoms with Crippen LogP contribution in [0.4, 0.5) is 0 Å². The van der Waals surface area contributed by atoms with Crippen LogP contribution in [0.5, 0.6) is 0 Å². The Kier molecular flexibility index (Phi) is 3.25. The summed E-state index contributed by atoms with van der Waals surface area (Å²) in [5.74, 6) is 0. The highest BCUT2D eigenvalue weighted by Crippen LogP contribution is 2.19. The summed E-state index contributed by atoms with van der Waals surface area (Å²) >= 11 is 0. The largest absolute Gasteiger partial charge is 0.324 e. The number of aldehydes is 1. The fraction of sp³-hybridized carbons (Fsp3) is 0.857. The van der Waals surface area contributed by atoms with Crippen molar-refractivity contribution in [2.75, 3.05) is 19.6 Å². The van der Waals surface area contributed by atoms with Crippen molar-refractivity contribution in [3.8, 4) is 0 Å². The standard InChI is InChI=1S/C7H15N3O3S/c1-7(8)2-4-10(6-7)14(12,13)9-3-5-11/h5,9H,2-4,6,8H2,1H3/t7-/m1/s1. The maximum atomic E-state index is 11.5. The van der Waals surface area contributed by atoms with Crippen LogP contribution in [0.25, 0.3) is 0 Å². The van der Waals surface area contributed by atoms with E-state index < -0.39 is 15.7 Å². The van der Waals surface area contributed by atoms with Crippen LogP contribution < -0.4 is 10.5 Å². The Labute approximate surface area is 83.6 Å². The normalized spacial score (nSPS) is 29.3. The molecule has 0 radical (unpaired) electrons. The molecule has 0 aromatic heterocycles. The summed E-state index contributed by atoms with van der Waals surface area (Å²) < 4.78 is 26.4. The molecule has 1 atom stereocenters. The Hall–Kier alpha value is -0.500. The van der Waals surface area contributed by atoms with E-state index in [1.807, 2.05) is 6.92 Å². The Balaban J connectivity index is 2.62. The molecule has 0 amide bonds. The molecule has 1 aliphatic rings. The molecule has 1 heterocycles. The van der Waals surface area contributed by atoms with Crippen LogP contribution in [0.2, 0.25) is 0 Å². The van der Waals surface area contributed by atoms with E-state index in [-0.39, 0.29) is 6.54 Å². The highest BCUT2D eigenvalue weighted by atomic mass is 32.2. The zero-order valence-corrected chi connectivity index (χ0v) is 8.88. The van der Waals surface area contributed by atoms with Crippen LogP contribution in [-0.2, 0) is 15.0 Å². The molecule has 0 bridgehead atoms. The minimum atomic E-state index is -3.52. The topological polar surface area (TPSA) is 92.5 Å². The van der Waals surface area contributed by atoms with Crippen molar-refractivity contribution in [1.29, 1.82) is 0 Å². The third-order valence-corrected chi connectivity index (χ3v) is 3.68. The Morgan fingerprint density at radius 1 is 1.64 bits per heavy atom. The third kappa shape index (κ3) is 2.74. The van der Waals surface area contributed by atoms with E-state index in [9.17, 15) is 13.2 Å². The molecular weight excluding hydrogens is 206 g/mol. The van der Waals surface area contributed by atoms with Gasteiger partial charge in [0.05, 0.1) is 6.54 Å². The highest BCUT2D eigenvalue weighted by Gasteiger charge is 2.36. The van der Waals surface area contributed by atoms with Crippen LogP contribution in [0.1, 0.15) is 13.3 Å². The first-order chi connectivity index (χ1) is 6.37. The molecule has 1 rings (SSSR count). The quantitative estimate of drug-likeness (QED) is 0.562. The van der Waals surface area contributed by atoms with Gasteiger partial charge >= 0.3 is 0 Å². The lowest BCUT2D eigenvalue weighted by molar-refractivity contribution is -0.106. The SMILES string of the molecule is C[C@@]1(N)CCN(S(=O)(=O)NCC=O)C1. The second-order valence-electron chi connectivity index (χ2n) is 3.76. The van der Waals surface area contributed by atoms with Gasteiger partial charge in [-0.25, -0.2) is 0 Å². The van der Waals surface area contributed by atoms with Gasteiger partial charge in [-0.05, 0) is 13.3 Å². The molecule has 0 spiro atoms. The second kappa shape index (κ2) is 3.93. The van der Waals surface area contributed by atoms with Crippen molar-refractivity contribution in [2.24, 2.45) is 5.73 Å². The van der Waals surface area contributed by atoms with E-state index in [4.69, 9.17) is 5.73 Å².